The van der Waals surface area contributed by atoms with Gasteiger partial charge in [0.1, 0.15) is 0 Å². The molecule has 0 saturated heterocycles. The van der Waals surface area contributed by atoms with Crippen molar-refractivity contribution in [2.24, 2.45) is 0 Å². The molecule has 0 aliphatic carbocycles. The first kappa shape index (κ1) is 8.56. The van der Waals surface area contributed by atoms with Crippen molar-refractivity contribution in [1.29, 1.82) is 0 Å². The Balaban J connectivity index is 2.77. The Hall–Kier alpha value is -0.540. The van der Waals surface area contributed by atoms with E-state index in [0.717, 1.165) is 11.3 Å². The van der Waals surface area contributed by atoms with E-state index in [1.165, 1.54) is 0 Å². The van der Waals surface area contributed by atoms with Crippen LogP contribution in [0.25, 0.3) is 0 Å². The zero-order valence-electron chi connectivity index (χ0n) is 6.42. The molecule has 0 bridgehead atoms. The lowest BCUT2D eigenvalue weighted by atomic mass is 10.3. The molecule has 1 aromatic heterocycles. The van der Waals surface area contributed by atoms with E-state index in [1.54, 1.807) is 4.68 Å². The van der Waals surface area contributed by atoms with Crippen molar-refractivity contribution in [2.45, 2.75) is 20.1 Å². The van der Waals surface area contributed by atoms with Gasteiger partial charge < -0.3 is 5.11 Å². The normalized spacial score (nSPS) is 10.5. The molecule has 0 aromatic carbocycles. The van der Waals surface area contributed by atoms with Gasteiger partial charge in [-0.1, -0.05) is 0 Å². The Morgan fingerprint density at radius 2 is 2.45 bits per heavy atom. The zero-order valence-corrected chi connectivity index (χ0v) is 7.17. The number of aliphatic hydroxyl groups is 1. The van der Waals surface area contributed by atoms with Gasteiger partial charge in [0.25, 0.3) is 0 Å². The first-order valence-corrected chi connectivity index (χ1v) is 4.01. The molecule has 1 aromatic rings. The molecule has 0 spiro atoms. The van der Waals surface area contributed by atoms with E-state index in [2.05, 4.69) is 5.10 Å². The van der Waals surface area contributed by atoms with E-state index in [4.69, 9.17) is 16.7 Å². The average molecular weight is 175 g/mol. The SMILES string of the molecule is Cc1nn(CCCl)cc1CO. The summed E-state index contributed by atoms with van der Waals surface area (Å²) >= 11 is 5.52. The molecule has 0 aliphatic rings. The third-order valence-corrected chi connectivity index (χ3v) is 1.70. The highest BCUT2D eigenvalue weighted by atomic mass is 35.5. The van der Waals surface area contributed by atoms with Crippen LogP contribution in [0.5, 0.6) is 0 Å². The van der Waals surface area contributed by atoms with E-state index in [0.29, 0.717) is 12.4 Å². The molecule has 62 valence electrons. The molecule has 0 aliphatic heterocycles. The lowest BCUT2D eigenvalue weighted by Crippen LogP contribution is -1.99. The molecule has 0 saturated carbocycles. The number of aryl methyl sites for hydroxylation is 2. The lowest BCUT2D eigenvalue weighted by molar-refractivity contribution is 0.281. The standard InChI is InChI=1S/C7H11ClN2O/c1-6-7(5-11)4-10(9-6)3-2-8/h4,11H,2-3,5H2,1H3. The average Bonchev–Trinajstić information content (AvgIpc) is 2.32. The quantitative estimate of drug-likeness (QED) is 0.693. The molecule has 0 amide bonds. The third-order valence-electron chi connectivity index (χ3n) is 1.53. The molecule has 3 nitrogen and oxygen atoms in total. The van der Waals surface area contributed by atoms with E-state index >= 15 is 0 Å². The van der Waals surface area contributed by atoms with Gasteiger partial charge in [0.15, 0.2) is 0 Å². The van der Waals surface area contributed by atoms with Crippen molar-refractivity contribution in [3.8, 4) is 0 Å². The summed E-state index contributed by atoms with van der Waals surface area (Å²) in [5.41, 5.74) is 1.74. The Kier molecular flexibility index (Phi) is 2.91. The van der Waals surface area contributed by atoms with E-state index < -0.39 is 0 Å². The number of hydrogen-bond acceptors (Lipinski definition) is 2. The van der Waals surface area contributed by atoms with Gasteiger partial charge in [-0.05, 0) is 6.92 Å². The summed E-state index contributed by atoms with van der Waals surface area (Å²) < 4.78 is 1.74. The fraction of sp³-hybridized carbons (Fsp3) is 0.571. The molecule has 1 rings (SSSR count). The number of rotatable bonds is 3. The van der Waals surface area contributed by atoms with Gasteiger partial charge in [-0.2, -0.15) is 5.10 Å². The van der Waals surface area contributed by atoms with Crippen LogP contribution >= 0.6 is 11.6 Å². The maximum absolute atomic E-state index is 8.81. The van der Waals surface area contributed by atoms with E-state index in [9.17, 15) is 0 Å². The number of nitrogens with zero attached hydrogens (tertiary/aromatic N) is 2. The first-order chi connectivity index (χ1) is 5.27. The monoisotopic (exact) mass is 174 g/mol. The van der Waals surface area contributed by atoms with Crippen LogP contribution < -0.4 is 0 Å². The number of aliphatic hydroxyl groups excluding tert-OH is 1. The van der Waals surface area contributed by atoms with Gasteiger partial charge in [0, 0.05) is 17.6 Å². The lowest BCUT2D eigenvalue weighted by Gasteiger charge is -1.92. The highest BCUT2D eigenvalue weighted by molar-refractivity contribution is 6.17. The largest absolute Gasteiger partial charge is 0.392 e. The summed E-state index contributed by atoms with van der Waals surface area (Å²) in [5.74, 6) is 0.548. The van der Waals surface area contributed by atoms with Gasteiger partial charge >= 0.3 is 0 Å². The van der Waals surface area contributed by atoms with Gasteiger partial charge in [-0.3, -0.25) is 4.68 Å². The van der Waals surface area contributed by atoms with Crippen LogP contribution in [0.3, 0.4) is 0 Å². The summed E-state index contributed by atoms with van der Waals surface area (Å²) in [6.45, 7) is 2.62. The Morgan fingerprint density at radius 1 is 1.73 bits per heavy atom. The first-order valence-electron chi connectivity index (χ1n) is 3.47. The molecule has 11 heavy (non-hydrogen) atoms. The maximum atomic E-state index is 8.81. The molecule has 1 heterocycles. The fourth-order valence-corrected chi connectivity index (χ4v) is 1.09. The van der Waals surface area contributed by atoms with Crippen molar-refractivity contribution < 1.29 is 5.11 Å². The zero-order chi connectivity index (χ0) is 8.27. The molecular weight excluding hydrogens is 164 g/mol. The van der Waals surface area contributed by atoms with Gasteiger partial charge in [-0.15, -0.1) is 11.6 Å². The smallest absolute Gasteiger partial charge is 0.0715 e. The number of aromatic nitrogens is 2. The Bertz CT molecular complexity index is 234. The fourth-order valence-electron chi connectivity index (χ4n) is 0.915. The van der Waals surface area contributed by atoms with Gasteiger partial charge in [-0.25, -0.2) is 0 Å². The van der Waals surface area contributed by atoms with Crippen molar-refractivity contribution >= 4 is 11.6 Å². The highest BCUT2D eigenvalue weighted by Gasteiger charge is 2.01. The second-order valence-corrected chi connectivity index (χ2v) is 2.73. The molecule has 0 fully saturated rings. The van der Waals surface area contributed by atoms with E-state index in [-0.39, 0.29) is 6.61 Å². The Labute approximate surface area is 70.6 Å². The predicted molar refractivity (Wildman–Crippen MR) is 43.6 cm³/mol. The minimum Gasteiger partial charge on any atom is -0.392 e. The van der Waals surface area contributed by atoms with Crippen molar-refractivity contribution in [1.82, 2.24) is 9.78 Å². The molecule has 1 N–H and O–H groups in total. The minimum absolute atomic E-state index is 0.0497. The van der Waals surface area contributed by atoms with Crippen LogP contribution in [0.15, 0.2) is 6.20 Å². The predicted octanol–water partition coefficient (Wildman–Crippen LogP) is 0.923. The van der Waals surface area contributed by atoms with Gasteiger partial charge in [0.05, 0.1) is 18.8 Å². The molecule has 0 atom stereocenters. The minimum atomic E-state index is 0.0497. The second kappa shape index (κ2) is 3.74. The summed E-state index contributed by atoms with van der Waals surface area (Å²) in [5, 5.41) is 13.0. The van der Waals surface area contributed by atoms with Crippen molar-refractivity contribution in [2.75, 3.05) is 5.88 Å². The summed E-state index contributed by atoms with van der Waals surface area (Å²) in [7, 11) is 0. The van der Waals surface area contributed by atoms with Crippen LogP contribution in [-0.2, 0) is 13.2 Å². The van der Waals surface area contributed by atoms with Crippen LogP contribution in [0.2, 0.25) is 0 Å². The summed E-state index contributed by atoms with van der Waals surface area (Å²) in [6.07, 6.45) is 1.82. The van der Waals surface area contributed by atoms with Gasteiger partial charge in [0.2, 0.25) is 0 Å². The van der Waals surface area contributed by atoms with E-state index in [1.807, 2.05) is 13.1 Å². The topological polar surface area (TPSA) is 38.0 Å². The number of hydrogen-bond donors (Lipinski definition) is 1. The molecule has 0 unspecified atom stereocenters. The van der Waals surface area contributed by atoms with Crippen LogP contribution in [-0.4, -0.2) is 20.8 Å². The molecule has 4 heteroatoms. The number of halogens is 1. The maximum Gasteiger partial charge on any atom is 0.0715 e. The molecule has 0 radical (unpaired) electrons. The Morgan fingerprint density at radius 3 is 2.91 bits per heavy atom. The van der Waals surface area contributed by atoms with Crippen LogP contribution in [0.1, 0.15) is 11.3 Å². The second-order valence-electron chi connectivity index (χ2n) is 2.35. The van der Waals surface area contributed by atoms with Crippen molar-refractivity contribution in [3.63, 3.8) is 0 Å². The number of alkyl halides is 1. The van der Waals surface area contributed by atoms with Crippen LogP contribution in [0.4, 0.5) is 0 Å². The molecular formula is C7H11ClN2O. The highest BCUT2D eigenvalue weighted by Crippen LogP contribution is 2.04. The van der Waals surface area contributed by atoms with Crippen molar-refractivity contribution in [3.05, 3.63) is 17.5 Å². The van der Waals surface area contributed by atoms with Crippen LogP contribution in [0, 0.1) is 6.92 Å². The summed E-state index contributed by atoms with van der Waals surface area (Å²) in [4.78, 5) is 0. The third kappa shape index (κ3) is 1.94. The summed E-state index contributed by atoms with van der Waals surface area (Å²) in [6, 6.07) is 0.